The van der Waals surface area contributed by atoms with Crippen molar-refractivity contribution < 1.29 is 23.6 Å². The molecule has 4 rings (SSSR count). The van der Waals surface area contributed by atoms with E-state index in [0.29, 0.717) is 67.4 Å². The lowest BCUT2D eigenvalue weighted by atomic mass is 10.0. The van der Waals surface area contributed by atoms with Crippen LogP contribution in [0.1, 0.15) is 80.4 Å². The van der Waals surface area contributed by atoms with Crippen LogP contribution >= 0.6 is 11.6 Å². The van der Waals surface area contributed by atoms with Gasteiger partial charge in [0.15, 0.2) is 0 Å². The smallest absolute Gasteiger partial charge is 0.263 e. The number of unbranched alkanes of at least 4 members (excludes halogenated alkanes) is 2. The summed E-state index contributed by atoms with van der Waals surface area (Å²) in [5, 5.41) is 23.3. The monoisotopic (exact) mass is 776 g/mol. The summed E-state index contributed by atoms with van der Waals surface area (Å²) in [6.07, 6.45) is 5.29. The first-order chi connectivity index (χ1) is 26.5. The van der Waals surface area contributed by atoms with Gasteiger partial charge in [-0.3, -0.25) is 24.2 Å². The Kier molecular flexibility index (Phi) is 16.8. The lowest BCUT2D eigenvalue weighted by Gasteiger charge is -2.25. The van der Waals surface area contributed by atoms with Gasteiger partial charge in [0.25, 0.3) is 11.8 Å². The normalized spacial score (nSPS) is 14.0. The van der Waals surface area contributed by atoms with Crippen LogP contribution in [0.15, 0.2) is 69.2 Å². The van der Waals surface area contributed by atoms with Crippen LogP contribution in [-0.4, -0.2) is 90.9 Å². The molecule has 15 nitrogen and oxygen atoms in total. The van der Waals surface area contributed by atoms with Gasteiger partial charge in [-0.05, 0) is 112 Å². The van der Waals surface area contributed by atoms with Gasteiger partial charge in [0.1, 0.15) is 17.8 Å². The summed E-state index contributed by atoms with van der Waals surface area (Å²) >= 11 is 5.99. The van der Waals surface area contributed by atoms with E-state index in [0.717, 1.165) is 41.7 Å². The van der Waals surface area contributed by atoms with Gasteiger partial charge in [0.05, 0.1) is 19.1 Å². The Labute approximate surface area is 326 Å². The highest BCUT2D eigenvalue weighted by Crippen LogP contribution is 2.31. The second-order valence-electron chi connectivity index (χ2n) is 13.4. The summed E-state index contributed by atoms with van der Waals surface area (Å²) in [4.78, 5) is 57.3. The number of aryl methyl sites for hydroxylation is 1. The van der Waals surface area contributed by atoms with E-state index < -0.39 is 29.9 Å². The number of allylic oxidation sites excluding steroid dienone is 1. The van der Waals surface area contributed by atoms with E-state index in [1.807, 2.05) is 24.3 Å². The maximum atomic E-state index is 13.7. The zero-order valence-corrected chi connectivity index (χ0v) is 32.5. The Morgan fingerprint density at radius 2 is 1.40 bits per heavy atom. The van der Waals surface area contributed by atoms with E-state index in [-0.39, 0.29) is 30.8 Å². The van der Waals surface area contributed by atoms with Crippen LogP contribution < -0.4 is 38.1 Å². The molecule has 1 aliphatic rings. The maximum Gasteiger partial charge on any atom is 0.263 e. The topological polar surface area (TPSA) is 232 Å². The van der Waals surface area contributed by atoms with E-state index in [1.165, 1.54) is 0 Å². The average Bonchev–Trinajstić information content (AvgIpc) is 3.94. The number of halogens is 1. The van der Waals surface area contributed by atoms with Gasteiger partial charge < -0.3 is 42.5 Å². The van der Waals surface area contributed by atoms with Crippen molar-refractivity contribution in [1.29, 1.82) is 0 Å². The summed E-state index contributed by atoms with van der Waals surface area (Å²) in [7, 11) is 1.60. The number of amides is 4. The molecular weight excluding hydrogens is 724 g/mol. The summed E-state index contributed by atoms with van der Waals surface area (Å²) in [6.45, 7) is 4.24. The SMILES string of the molecule is CN=C(c1nnc(C)o1)[C@H](C)NC(=O)C(CCCCN)NC(CNC(=O)C(CCCCN)NC(=O)CNC(=O)c1ccc(-c2ccc(Cl)cc2)cc1)=C1CC1. The molecule has 0 spiro atoms. The number of hydrogen-bond donors (Lipinski definition) is 7. The van der Waals surface area contributed by atoms with Gasteiger partial charge in [-0.2, -0.15) is 0 Å². The molecule has 9 N–H and O–H groups in total. The predicted octanol–water partition coefficient (Wildman–Crippen LogP) is 2.92. The number of carbonyl (C=O) groups excluding carboxylic acids is 4. The van der Waals surface area contributed by atoms with Crippen molar-refractivity contribution in [3.63, 3.8) is 0 Å². The second-order valence-corrected chi connectivity index (χ2v) is 13.9. The molecule has 1 heterocycles. The second kappa shape index (κ2) is 21.7. The number of nitrogens with zero attached hydrogens (tertiary/aromatic N) is 3. The molecule has 2 aromatic carbocycles. The summed E-state index contributed by atoms with van der Waals surface area (Å²) in [5.41, 5.74) is 16.0. The fourth-order valence-corrected chi connectivity index (χ4v) is 6.02. The third-order valence-electron chi connectivity index (χ3n) is 9.07. The van der Waals surface area contributed by atoms with Gasteiger partial charge in [-0.1, -0.05) is 35.9 Å². The molecule has 296 valence electrons. The van der Waals surface area contributed by atoms with E-state index in [4.69, 9.17) is 27.5 Å². The van der Waals surface area contributed by atoms with Crippen molar-refractivity contribution in [2.45, 2.75) is 83.3 Å². The van der Waals surface area contributed by atoms with Gasteiger partial charge in [0, 0.05) is 30.3 Å². The van der Waals surface area contributed by atoms with E-state index in [1.54, 1.807) is 45.2 Å². The van der Waals surface area contributed by atoms with E-state index >= 15 is 0 Å². The van der Waals surface area contributed by atoms with Crippen molar-refractivity contribution in [1.82, 2.24) is 36.8 Å². The Morgan fingerprint density at radius 3 is 1.95 bits per heavy atom. The minimum atomic E-state index is -0.857. The average molecular weight is 777 g/mol. The highest BCUT2D eigenvalue weighted by molar-refractivity contribution is 6.30. The summed E-state index contributed by atoms with van der Waals surface area (Å²) < 4.78 is 5.54. The predicted molar refractivity (Wildman–Crippen MR) is 212 cm³/mol. The molecular formula is C39H53ClN10O5. The molecule has 4 amide bonds. The van der Waals surface area contributed by atoms with Crippen LogP contribution in [0, 0.1) is 6.92 Å². The van der Waals surface area contributed by atoms with Crippen LogP contribution in [-0.2, 0) is 14.4 Å². The molecule has 2 unspecified atom stereocenters. The molecule has 55 heavy (non-hydrogen) atoms. The standard InChI is InChI=1S/C39H53ClN10O5/c1-24(35(43-3)39-50-49-25(2)55-39)46-38(54)32(9-5-7-21-42)47-33(28-12-13-28)22-44-37(53)31(8-4-6-20-41)48-34(51)23-45-36(52)29-14-10-26(11-15-29)27-16-18-30(40)19-17-27/h10-11,14-19,24,31-32,47H,4-9,12-13,20-23,41-42H2,1-3H3,(H,44,53)(H,45,52)(H,46,54)(H,48,51)/t24-,31?,32?/m0/s1. The summed E-state index contributed by atoms with van der Waals surface area (Å²) in [5.74, 6) is -0.935. The van der Waals surface area contributed by atoms with Crippen molar-refractivity contribution in [2.75, 3.05) is 33.2 Å². The van der Waals surface area contributed by atoms with Crippen molar-refractivity contribution in [3.8, 4) is 11.1 Å². The van der Waals surface area contributed by atoms with E-state index in [2.05, 4.69) is 41.8 Å². The number of benzene rings is 2. The number of aromatic nitrogens is 2. The van der Waals surface area contributed by atoms with Crippen LogP contribution in [0.2, 0.25) is 5.02 Å². The van der Waals surface area contributed by atoms with E-state index in [9.17, 15) is 19.2 Å². The maximum absolute atomic E-state index is 13.7. The molecule has 0 radical (unpaired) electrons. The zero-order valence-electron chi connectivity index (χ0n) is 31.8. The molecule has 3 aromatic rings. The fourth-order valence-electron chi connectivity index (χ4n) is 5.90. The number of nitrogens with one attached hydrogen (secondary N) is 5. The number of aliphatic imine (C=N–C) groups is 1. The molecule has 1 saturated carbocycles. The zero-order chi connectivity index (χ0) is 39.7. The van der Waals surface area contributed by atoms with Crippen LogP contribution in [0.5, 0.6) is 0 Å². The quantitative estimate of drug-likeness (QED) is 0.0583. The lowest BCUT2D eigenvalue weighted by molar-refractivity contribution is -0.128. The molecule has 3 atom stereocenters. The van der Waals surface area contributed by atoms with Crippen LogP contribution in [0.3, 0.4) is 0 Å². The third-order valence-corrected chi connectivity index (χ3v) is 9.32. The molecule has 0 bridgehead atoms. The molecule has 0 saturated heterocycles. The van der Waals surface area contributed by atoms with Crippen molar-refractivity contribution >= 4 is 40.9 Å². The van der Waals surface area contributed by atoms with Gasteiger partial charge >= 0.3 is 0 Å². The summed E-state index contributed by atoms with van der Waals surface area (Å²) in [6, 6.07) is 12.4. The Balaban J connectivity index is 1.34. The van der Waals surface area contributed by atoms with Gasteiger partial charge in [-0.25, -0.2) is 0 Å². The Bertz CT molecular complexity index is 1800. The van der Waals surface area contributed by atoms with Crippen molar-refractivity contribution in [3.05, 3.63) is 82.2 Å². The molecule has 0 aliphatic heterocycles. The molecule has 1 aliphatic carbocycles. The Morgan fingerprint density at radius 1 is 0.800 bits per heavy atom. The minimum Gasteiger partial charge on any atom is -0.420 e. The highest BCUT2D eigenvalue weighted by Gasteiger charge is 2.28. The third kappa shape index (κ3) is 13.6. The first-order valence-electron chi connectivity index (χ1n) is 18.7. The number of rotatable bonds is 22. The van der Waals surface area contributed by atoms with Crippen LogP contribution in [0.25, 0.3) is 11.1 Å². The number of hydrogen-bond acceptors (Lipinski definition) is 11. The van der Waals surface area contributed by atoms with Gasteiger partial charge in [0.2, 0.25) is 23.6 Å². The highest BCUT2D eigenvalue weighted by atomic mass is 35.5. The minimum absolute atomic E-state index is 0.138. The molecule has 1 fully saturated rings. The lowest BCUT2D eigenvalue weighted by Crippen LogP contribution is -2.52. The largest absolute Gasteiger partial charge is 0.420 e. The Hall–Kier alpha value is -5.12. The number of carbonyl (C=O) groups is 4. The first-order valence-corrected chi connectivity index (χ1v) is 19.1. The van der Waals surface area contributed by atoms with Gasteiger partial charge in [-0.15, -0.1) is 10.2 Å². The first kappa shape index (κ1) is 42.6. The fraction of sp³-hybridized carbons (Fsp3) is 0.462. The molecule has 16 heteroatoms. The molecule has 1 aromatic heterocycles. The number of nitrogens with two attached hydrogens (primary N) is 2. The van der Waals surface area contributed by atoms with Crippen LogP contribution in [0.4, 0.5) is 0 Å². The van der Waals surface area contributed by atoms with Crippen molar-refractivity contribution in [2.24, 2.45) is 16.5 Å².